The minimum Gasteiger partial charge on any atom is -0.355 e. The third-order valence-electron chi connectivity index (χ3n) is 3.38. The molecule has 0 aliphatic carbocycles. The van der Waals surface area contributed by atoms with Crippen molar-refractivity contribution in [3.63, 3.8) is 0 Å². The van der Waals surface area contributed by atoms with Crippen LogP contribution in [0.5, 0.6) is 0 Å². The van der Waals surface area contributed by atoms with E-state index in [2.05, 4.69) is 41.0 Å². The zero-order valence-corrected chi connectivity index (χ0v) is 13.2. The molecule has 1 N–H and O–H groups in total. The molecule has 0 bridgehead atoms. The van der Waals surface area contributed by atoms with E-state index in [9.17, 15) is 0 Å². The molecule has 19 heavy (non-hydrogen) atoms. The Labute approximate surface area is 121 Å². The van der Waals surface area contributed by atoms with Crippen molar-refractivity contribution < 1.29 is 0 Å². The SMILES string of the molecule is CCNc1ncc(Cl)c(N(CC)CC(CC)CC)n1. The molecule has 108 valence electrons. The standard InChI is InChI=1S/C14H25ClN4/c1-5-11(6-2)10-19(8-4)13-12(15)9-17-14(18-13)16-7-3/h9,11H,5-8,10H2,1-4H3,(H,16,17,18). The summed E-state index contributed by atoms with van der Waals surface area (Å²) in [5.74, 6) is 2.15. The summed E-state index contributed by atoms with van der Waals surface area (Å²) in [7, 11) is 0. The average Bonchev–Trinajstić information content (AvgIpc) is 2.43. The number of aromatic nitrogens is 2. The Bertz CT molecular complexity index is 380. The molecule has 0 atom stereocenters. The van der Waals surface area contributed by atoms with E-state index in [0.717, 1.165) is 25.5 Å². The van der Waals surface area contributed by atoms with Gasteiger partial charge in [0.2, 0.25) is 5.95 Å². The maximum Gasteiger partial charge on any atom is 0.224 e. The largest absolute Gasteiger partial charge is 0.355 e. The van der Waals surface area contributed by atoms with Gasteiger partial charge in [-0.05, 0) is 19.8 Å². The van der Waals surface area contributed by atoms with Crippen LogP contribution in [-0.4, -0.2) is 29.6 Å². The first-order valence-electron chi connectivity index (χ1n) is 7.17. The van der Waals surface area contributed by atoms with Crippen LogP contribution >= 0.6 is 11.6 Å². The summed E-state index contributed by atoms with van der Waals surface area (Å²) in [6.45, 7) is 11.3. The van der Waals surface area contributed by atoms with Crippen LogP contribution in [0.15, 0.2) is 6.20 Å². The zero-order chi connectivity index (χ0) is 14.3. The van der Waals surface area contributed by atoms with Crippen LogP contribution in [0.3, 0.4) is 0 Å². The molecule has 0 aromatic carbocycles. The quantitative estimate of drug-likeness (QED) is 0.788. The Morgan fingerprint density at radius 2 is 1.95 bits per heavy atom. The molecule has 4 nitrogen and oxygen atoms in total. The van der Waals surface area contributed by atoms with E-state index in [1.807, 2.05) is 6.92 Å². The molecule has 0 radical (unpaired) electrons. The van der Waals surface area contributed by atoms with E-state index in [-0.39, 0.29) is 0 Å². The van der Waals surface area contributed by atoms with Crippen molar-refractivity contribution in [2.45, 2.75) is 40.5 Å². The van der Waals surface area contributed by atoms with Crippen LogP contribution in [0.1, 0.15) is 40.5 Å². The Morgan fingerprint density at radius 3 is 2.47 bits per heavy atom. The van der Waals surface area contributed by atoms with Gasteiger partial charge in [0.15, 0.2) is 5.82 Å². The summed E-state index contributed by atoms with van der Waals surface area (Å²) in [4.78, 5) is 10.9. The number of nitrogens with one attached hydrogen (secondary N) is 1. The number of hydrogen-bond acceptors (Lipinski definition) is 4. The van der Waals surface area contributed by atoms with E-state index >= 15 is 0 Å². The van der Waals surface area contributed by atoms with Crippen molar-refractivity contribution >= 4 is 23.4 Å². The van der Waals surface area contributed by atoms with Crippen LogP contribution in [-0.2, 0) is 0 Å². The maximum absolute atomic E-state index is 6.25. The second-order valence-electron chi connectivity index (χ2n) is 4.62. The van der Waals surface area contributed by atoms with Gasteiger partial charge in [-0.2, -0.15) is 4.98 Å². The number of anilines is 2. The van der Waals surface area contributed by atoms with Gasteiger partial charge in [-0.3, -0.25) is 0 Å². The summed E-state index contributed by atoms with van der Waals surface area (Å²) in [5, 5.41) is 3.75. The van der Waals surface area contributed by atoms with Crippen LogP contribution in [0.2, 0.25) is 5.02 Å². The normalized spacial score (nSPS) is 10.8. The van der Waals surface area contributed by atoms with Crippen molar-refractivity contribution in [2.75, 3.05) is 29.9 Å². The van der Waals surface area contributed by atoms with Crippen molar-refractivity contribution in [3.8, 4) is 0 Å². The predicted octanol–water partition coefficient (Wildman–Crippen LogP) is 3.82. The fourth-order valence-electron chi connectivity index (χ4n) is 2.05. The van der Waals surface area contributed by atoms with Crippen molar-refractivity contribution in [1.82, 2.24) is 9.97 Å². The van der Waals surface area contributed by atoms with Gasteiger partial charge < -0.3 is 10.2 Å². The lowest BCUT2D eigenvalue weighted by molar-refractivity contribution is 0.484. The third kappa shape index (κ3) is 4.53. The summed E-state index contributed by atoms with van der Waals surface area (Å²) in [6, 6.07) is 0. The van der Waals surface area contributed by atoms with Gasteiger partial charge >= 0.3 is 0 Å². The summed E-state index contributed by atoms with van der Waals surface area (Å²) < 4.78 is 0. The van der Waals surface area contributed by atoms with Crippen LogP contribution in [0.4, 0.5) is 11.8 Å². The fraction of sp³-hybridized carbons (Fsp3) is 0.714. The summed E-state index contributed by atoms with van der Waals surface area (Å²) in [6.07, 6.45) is 4.03. The molecular formula is C14H25ClN4. The highest BCUT2D eigenvalue weighted by atomic mass is 35.5. The van der Waals surface area contributed by atoms with Gasteiger partial charge in [0.05, 0.1) is 6.20 Å². The Hall–Kier alpha value is -1.03. The molecule has 0 amide bonds. The van der Waals surface area contributed by atoms with Gasteiger partial charge in [0.25, 0.3) is 0 Å². The van der Waals surface area contributed by atoms with Crippen LogP contribution in [0, 0.1) is 5.92 Å². The minimum absolute atomic E-state index is 0.620. The van der Waals surface area contributed by atoms with Crippen LogP contribution < -0.4 is 10.2 Å². The van der Waals surface area contributed by atoms with E-state index in [4.69, 9.17) is 11.6 Å². The van der Waals surface area contributed by atoms with Gasteiger partial charge in [-0.15, -0.1) is 0 Å². The highest BCUT2D eigenvalue weighted by Gasteiger charge is 2.15. The molecule has 0 saturated heterocycles. The topological polar surface area (TPSA) is 41.1 Å². The molecular weight excluding hydrogens is 260 g/mol. The van der Waals surface area contributed by atoms with Gasteiger partial charge in [0, 0.05) is 19.6 Å². The van der Waals surface area contributed by atoms with E-state index in [0.29, 0.717) is 16.9 Å². The lowest BCUT2D eigenvalue weighted by atomic mass is 10.0. The van der Waals surface area contributed by atoms with Crippen LogP contribution in [0.25, 0.3) is 0 Å². The number of nitrogens with zero attached hydrogens (tertiary/aromatic N) is 3. The molecule has 0 spiro atoms. The highest BCUT2D eigenvalue weighted by molar-refractivity contribution is 6.32. The predicted molar refractivity (Wildman–Crippen MR) is 83.2 cm³/mol. The highest BCUT2D eigenvalue weighted by Crippen LogP contribution is 2.25. The van der Waals surface area contributed by atoms with E-state index in [1.54, 1.807) is 6.20 Å². The Kier molecular flexibility index (Phi) is 6.92. The second-order valence-corrected chi connectivity index (χ2v) is 5.02. The molecule has 5 heteroatoms. The average molecular weight is 285 g/mol. The fourth-order valence-corrected chi connectivity index (χ4v) is 2.26. The first-order chi connectivity index (χ1) is 9.15. The first-order valence-corrected chi connectivity index (χ1v) is 7.55. The molecule has 1 heterocycles. The minimum atomic E-state index is 0.620. The molecule has 0 unspecified atom stereocenters. The second kappa shape index (κ2) is 8.20. The van der Waals surface area contributed by atoms with Gasteiger partial charge in [-0.1, -0.05) is 38.3 Å². The summed E-state index contributed by atoms with van der Waals surface area (Å²) >= 11 is 6.25. The molecule has 0 aliphatic rings. The molecule has 0 aliphatic heterocycles. The van der Waals surface area contributed by atoms with Gasteiger partial charge in [-0.25, -0.2) is 4.98 Å². The molecule has 1 aromatic heterocycles. The summed E-state index contributed by atoms with van der Waals surface area (Å²) in [5.41, 5.74) is 0. The molecule has 1 aromatic rings. The van der Waals surface area contributed by atoms with Crippen molar-refractivity contribution in [2.24, 2.45) is 5.92 Å². The smallest absolute Gasteiger partial charge is 0.224 e. The maximum atomic E-state index is 6.25. The lowest BCUT2D eigenvalue weighted by Crippen LogP contribution is -2.30. The monoisotopic (exact) mass is 284 g/mol. The first kappa shape index (κ1) is 16.0. The zero-order valence-electron chi connectivity index (χ0n) is 12.4. The Balaban J connectivity index is 2.92. The number of hydrogen-bond donors (Lipinski definition) is 1. The molecule has 0 fully saturated rings. The van der Waals surface area contributed by atoms with E-state index in [1.165, 1.54) is 12.8 Å². The Morgan fingerprint density at radius 1 is 1.26 bits per heavy atom. The third-order valence-corrected chi connectivity index (χ3v) is 3.64. The van der Waals surface area contributed by atoms with E-state index < -0.39 is 0 Å². The van der Waals surface area contributed by atoms with Crippen molar-refractivity contribution in [3.05, 3.63) is 11.2 Å². The van der Waals surface area contributed by atoms with Gasteiger partial charge in [0.1, 0.15) is 5.02 Å². The number of halogens is 1. The lowest BCUT2D eigenvalue weighted by Gasteiger charge is -2.27. The van der Waals surface area contributed by atoms with Crippen molar-refractivity contribution in [1.29, 1.82) is 0 Å². The molecule has 0 saturated carbocycles. The number of rotatable bonds is 8. The molecule has 1 rings (SSSR count).